The molecule has 0 unspecified atom stereocenters. The quantitative estimate of drug-likeness (QED) is 0.565. The predicted octanol–water partition coefficient (Wildman–Crippen LogP) is 1.76. The Kier molecular flexibility index (Phi) is 3.23. The van der Waals surface area contributed by atoms with Gasteiger partial charge in [0.1, 0.15) is 5.65 Å². The Morgan fingerprint density at radius 3 is 2.79 bits per heavy atom. The van der Waals surface area contributed by atoms with E-state index in [0.29, 0.717) is 22.2 Å². The van der Waals surface area contributed by atoms with Crippen LogP contribution in [0.1, 0.15) is 11.3 Å². The van der Waals surface area contributed by atoms with Crippen molar-refractivity contribution in [1.29, 1.82) is 0 Å². The number of para-hydroxylation sites is 1. The van der Waals surface area contributed by atoms with E-state index in [1.807, 2.05) is 19.1 Å². The highest BCUT2D eigenvalue weighted by molar-refractivity contribution is 5.76. The lowest BCUT2D eigenvalue weighted by Gasteiger charge is -2.08. The van der Waals surface area contributed by atoms with Gasteiger partial charge < -0.3 is 0 Å². The van der Waals surface area contributed by atoms with Gasteiger partial charge in [0, 0.05) is 12.3 Å². The van der Waals surface area contributed by atoms with Crippen LogP contribution in [0.25, 0.3) is 16.6 Å². The minimum absolute atomic E-state index is 0.147. The summed E-state index contributed by atoms with van der Waals surface area (Å²) in [5.74, 6) is 0. The van der Waals surface area contributed by atoms with E-state index in [4.69, 9.17) is 0 Å². The van der Waals surface area contributed by atoms with Crippen molar-refractivity contribution in [2.24, 2.45) is 0 Å². The molecule has 0 bridgehead atoms. The Labute approximate surface area is 136 Å². The van der Waals surface area contributed by atoms with Crippen LogP contribution < -0.4 is 11.1 Å². The zero-order chi connectivity index (χ0) is 16.7. The second kappa shape index (κ2) is 5.42. The molecule has 0 N–H and O–H groups in total. The third-order valence-electron chi connectivity index (χ3n) is 3.92. The Morgan fingerprint density at radius 1 is 1.08 bits per heavy atom. The molecule has 6 heteroatoms. The van der Waals surface area contributed by atoms with Crippen molar-refractivity contribution in [2.75, 3.05) is 0 Å². The zero-order valence-corrected chi connectivity index (χ0v) is 13.0. The lowest BCUT2D eigenvalue weighted by Crippen LogP contribution is -2.23. The molecule has 24 heavy (non-hydrogen) atoms. The molecule has 1 aromatic carbocycles. The van der Waals surface area contributed by atoms with Crippen molar-refractivity contribution in [1.82, 2.24) is 18.9 Å². The highest BCUT2D eigenvalue weighted by atomic mass is 16.1. The third-order valence-corrected chi connectivity index (χ3v) is 3.92. The summed E-state index contributed by atoms with van der Waals surface area (Å²) in [6.07, 6.45) is 3.24. The fourth-order valence-corrected chi connectivity index (χ4v) is 2.73. The standard InChI is InChI=1S/C18H14N4O2/c1-12-6-7-16-20-13(8-17(23)22(16)9-12)10-21-11-19-15-5-3-2-4-14(15)18(21)24/h2-9,11H,10H2,1H3. The fourth-order valence-electron chi connectivity index (χ4n) is 2.73. The molecule has 3 aromatic heterocycles. The summed E-state index contributed by atoms with van der Waals surface area (Å²) in [5.41, 5.74) is 2.41. The molecular formula is C18H14N4O2. The topological polar surface area (TPSA) is 69.3 Å². The molecule has 0 amide bonds. The molecule has 0 aliphatic rings. The smallest absolute Gasteiger partial charge is 0.261 e. The van der Waals surface area contributed by atoms with Crippen LogP contribution in [0.2, 0.25) is 0 Å². The van der Waals surface area contributed by atoms with Gasteiger partial charge in [-0.05, 0) is 30.7 Å². The molecule has 118 valence electrons. The van der Waals surface area contributed by atoms with Crippen LogP contribution in [0.4, 0.5) is 0 Å². The molecule has 4 rings (SSSR count). The summed E-state index contributed by atoms with van der Waals surface area (Å²) in [6.45, 7) is 2.12. The first-order valence-electron chi connectivity index (χ1n) is 7.55. The van der Waals surface area contributed by atoms with Gasteiger partial charge in [0.15, 0.2) is 0 Å². The number of aromatic nitrogens is 4. The molecule has 3 heterocycles. The summed E-state index contributed by atoms with van der Waals surface area (Å²) in [5, 5.41) is 0.549. The van der Waals surface area contributed by atoms with Crippen LogP contribution >= 0.6 is 0 Å². The number of nitrogens with zero attached hydrogens (tertiary/aromatic N) is 4. The van der Waals surface area contributed by atoms with Crippen LogP contribution in [-0.2, 0) is 6.54 Å². The minimum atomic E-state index is -0.166. The first-order valence-corrected chi connectivity index (χ1v) is 7.55. The van der Waals surface area contributed by atoms with E-state index in [9.17, 15) is 9.59 Å². The van der Waals surface area contributed by atoms with E-state index in [-0.39, 0.29) is 17.7 Å². The van der Waals surface area contributed by atoms with Crippen molar-refractivity contribution in [3.8, 4) is 0 Å². The molecule has 0 fully saturated rings. The van der Waals surface area contributed by atoms with Gasteiger partial charge in [-0.1, -0.05) is 18.2 Å². The highest BCUT2D eigenvalue weighted by Gasteiger charge is 2.07. The maximum Gasteiger partial charge on any atom is 0.261 e. The number of pyridine rings is 1. The maximum atomic E-state index is 12.5. The van der Waals surface area contributed by atoms with Crippen molar-refractivity contribution in [3.05, 3.63) is 87.0 Å². The molecule has 0 atom stereocenters. The molecule has 0 aliphatic carbocycles. The van der Waals surface area contributed by atoms with E-state index in [2.05, 4.69) is 9.97 Å². The molecule has 0 saturated heterocycles. The molecular weight excluding hydrogens is 304 g/mol. The average molecular weight is 318 g/mol. The lowest BCUT2D eigenvalue weighted by atomic mass is 10.2. The molecule has 0 saturated carbocycles. The van der Waals surface area contributed by atoms with Crippen LogP contribution in [0, 0.1) is 6.92 Å². The second-order valence-corrected chi connectivity index (χ2v) is 5.72. The van der Waals surface area contributed by atoms with Gasteiger partial charge in [-0.3, -0.25) is 18.6 Å². The van der Waals surface area contributed by atoms with E-state index >= 15 is 0 Å². The third kappa shape index (κ3) is 2.38. The Balaban J connectivity index is 1.82. The first kappa shape index (κ1) is 14.3. The molecule has 0 spiro atoms. The van der Waals surface area contributed by atoms with Crippen molar-refractivity contribution < 1.29 is 0 Å². The van der Waals surface area contributed by atoms with Gasteiger partial charge >= 0.3 is 0 Å². The number of aryl methyl sites for hydroxylation is 1. The van der Waals surface area contributed by atoms with E-state index in [1.54, 1.807) is 30.5 Å². The number of hydrogen-bond donors (Lipinski definition) is 0. The fraction of sp³-hybridized carbons (Fsp3) is 0.111. The molecule has 0 radical (unpaired) electrons. The minimum Gasteiger partial charge on any atom is -0.293 e. The van der Waals surface area contributed by atoms with E-state index < -0.39 is 0 Å². The Morgan fingerprint density at radius 2 is 1.92 bits per heavy atom. The van der Waals surface area contributed by atoms with Gasteiger partial charge in [-0.2, -0.15) is 0 Å². The van der Waals surface area contributed by atoms with Crippen LogP contribution in [0.5, 0.6) is 0 Å². The summed E-state index contributed by atoms with van der Waals surface area (Å²) in [6, 6.07) is 12.3. The van der Waals surface area contributed by atoms with Gasteiger partial charge in [0.25, 0.3) is 11.1 Å². The highest BCUT2D eigenvalue weighted by Crippen LogP contribution is 2.06. The summed E-state index contributed by atoms with van der Waals surface area (Å²) < 4.78 is 2.97. The van der Waals surface area contributed by atoms with E-state index in [0.717, 1.165) is 5.56 Å². The van der Waals surface area contributed by atoms with Gasteiger partial charge in [0.2, 0.25) is 0 Å². The number of hydrogen-bond acceptors (Lipinski definition) is 4. The molecule has 4 aromatic rings. The predicted molar refractivity (Wildman–Crippen MR) is 91.3 cm³/mol. The van der Waals surface area contributed by atoms with Crippen LogP contribution in [-0.4, -0.2) is 18.9 Å². The summed E-state index contributed by atoms with van der Waals surface area (Å²) in [4.78, 5) is 33.6. The van der Waals surface area contributed by atoms with Gasteiger partial charge in [0.05, 0.1) is 29.5 Å². The summed E-state index contributed by atoms with van der Waals surface area (Å²) in [7, 11) is 0. The summed E-state index contributed by atoms with van der Waals surface area (Å²) >= 11 is 0. The second-order valence-electron chi connectivity index (χ2n) is 5.72. The number of fused-ring (bicyclic) bond motifs is 2. The van der Waals surface area contributed by atoms with Crippen molar-refractivity contribution in [2.45, 2.75) is 13.5 Å². The number of benzene rings is 1. The Bertz CT molecular complexity index is 1190. The molecule has 6 nitrogen and oxygen atoms in total. The Hall–Kier alpha value is -3.28. The molecule has 0 aliphatic heterocycles. The average Bonchev–Trinajstić information content (AvgIpc) is 2.58. The number of rotatable bonds is 2. The monoisotopic (exact) mass is 318 g/mol. The SMILES string of the molecule is Cc1ccc2nc(Cn3cnc4ccccc4c3=O)cc(=O)n2c1. The first-order chi connectivity index (χ1) is 11.6. The van der Waals surface area contributed by atoms with E-state index in [1.165, 1.54) is 21.4 Å². The normalized spacial score (nSPS) is 11.2. The van der Waals surface area contributed by atoms with Gasteiger partial charge in [-0.25, -0.2) is 9.97 Å². The van der Waals surface area contributed by atoms with Crippen molar-refractivity contribution >= 4 is 16.6 Å². The van der Waals surface area contributed by atoms with Gasteiger partial charge in [-0.15, -0.1) is 0 Å². The van der Waals surface area contributed by atoms with Crippen LogP contribution in [0.3, 0.4) is 0 Å². The van der Waals surface area contributed by atoms with Crippen molar-refractivity contribution in [3.63, 3.8) is 0 Å². The van der Waals surface area contributed by atoms with Crippen LogP contribution in [0.15, 0.2) is 64.6 Å². The zero-order valence-electron chi connectivity index (χ0n) is 13.0. The largest absolute Gasteiger partial charge is 0.293 e. The lowest BCUT2D eigenvalue weighted by molar-refractivity contribution is 0.726. The maximum absolute atomic E-state index is 12.5.